The maximum Gasteiger partial charge on any atom is 0.123 e. The van der Waals surface area contributed by atoms with Crippen molar-refractivity contribution in [1.29, 1.82) is 0 Å². The molecule has 1 aromatic carbocycles. The summed E-state index contributed by atoms with van der Waals surface area (Å²) >= 11 is 0. The highest BCUT2D eigenvalue weighted by molar-refractivity contribution is 5.49. The van der Waals surface area contributed by atoms with Crippen LogP contribution in [0.3, 0.4) is 0 Å². The first-order valence-electron chi connectivity index (χ1n) is 14.0. The van der Waals surface area contributed by atoms with Crippen molar-refractivity contribution in [2.45, 2.75) is 138 Å². The predicted molar refractivity (Wildman–Crippen MR) is 150 cm³/mol. The molecule has 0 aliphatic rings. The molecule has 202 valence electrons. The molecule has 2 nitrogen and oxygen atoms in total. The first kappa shape index (κ1) is 35.6. The number of rotatable bonds is 12. The summed E-state index contributed by atoms with van der Waals surface area (Å²) in [4.78, 5) is 0. The third kappa shape index (κ3) is 13.0. The number of quaternary nitrogens is 1. The lowest BCUT2D eigenvalue weighted by atomic mass is 9.78. The van der Waals surface area contributed by atoms with Crippen LogP contribution in [0.5, 0.6) is 5.75 Å². The molecule has 0 aliphatic carbocycles. The van der Waals surface area contributed by atoms with Gasteiger partial charge in [-0.2, -0.15) is 0 Å². The van der Waals surface area contributed by atoms with Crippen molar-refractivity contribution < 1.29 is 26.6 Å². The normalized spacial score (nSPS) is 12.1. The molecule has 0 heterocycles. The smallest absolute Gasteiger partial charge is 0.123 e. The SMILES string of the molecule is CCCC[N+](CCCC)(CCCC)CCCC.Cc1cc(C(C)(C)C)c(O)c(C(C)(C)C)c1.[Br-]. The van der Waals surface area contributed by atoms with E-state index in [9.17, 15) is 5.11 Å². The van der Waals surface area contributed by atoms with Gasteiger partial charge in [-0.1, -0.05) is 113 Å². The molecule has 0 bridgehead atoms. The predicted octanol–water partition coefficient (Wildman–Crippen LogP) is 6.30. The number of hydrogen-bond acceptors (Lipinski definition) is 1. The highest BCUT2D eigenvalue weighted by atomic mass is 79.9. The average molecular weight is 543 g/mol. The summed E-state index contributed by atoms with van der Waals surface area (Å²) in [7, 11) is 0. The minimum Gasteiger partial charge on any atom is -1.00 e. The van der Waals surface area contributed by atoms with Crippen molar-refractivity contribution in [3.63, 3.8) is 0 Å². The standard InChI is InChI=1S/C16H36N.C15H24O.BrH/c1-5-9-13-17(14-10-6-2,15-11-7-3)16-12-8-4;1-10-8-11(14(2,3)4)13(16)12(9-10)15(5,6)7;/h5-16H2,1-4H3;8-9,16H,1-7H3;1H/q+1;;/p-1. The van der Waals surface area contributed by atoms with Gasteiger partial charge in [-0.25, -0.2) is 0 Å². The van der Waals surface area contributed by atoms with Gasteiger partial charge in [0.15, 0.2) is 0 Å². The molecular formula is C31H60BrNO. The molecular weight excluding hydrogens is 482 g/mol. The highest BCUT2D eigenvalue weighted by Crippen LogP contribution is 2.39. The van der Waals surface area contributed by atoms with Crippen LogP contribution in [0.25, 0.3) is 0 Å². The Kier molecular flexibility index (Phi) is 17.8. The van der Waals surface area contributed by atoms with Gasteiger partial charge in [0.05, 0.1) is 26.2 Å². The number of aromatic hydroxyl groups is 1. The van der Waals surface area contributed by atoms with Crippen molar-refractivity contribution in [3.8, 4) is 5.75 Å². The molecule has 34 heavy (non-hydrogen) atoms. The van der Waals surface area contributed by atoms with Crippen LogP contribution in [-0.4, -0.2) is 35.8 Å². The third-order valence-electron chi connectivity index (χ3n) is 6.81. The van der Waals surface area contributed by atoms with E-state index in [1.54, 1.807) is 0 Å². The largest absolute Gasteiger partial charge is 1.00 e. The van der Waals surface area contributed by atoms with Gasteiger partial charge < -0.3 is 26.6 Å². The number of benzene rings is 1. The summed E-state index contributed by atoms with van der Waals surface area (Å²) in [6.07, 6.45) is 11.1. The maximum atomic E-state index is 10.4. The van der Waals surface area contributed by atoms with Gasteiger partial charge in [0, 0.05) is 0 Å². The van der Waals surface area contributed by atoms with E-state index >= 15 is 0 Å². The van der Waals surface area contributed by atoms with Crippen LogP contribution in [0.4, 0.5) is 0 Å². The molecule has 1 aromatic rings. The Morgan fingerprint density at radius 2 is 0.882 bits per heavy atom. The van der Waals surface area contributed by atoms with Crippen molar-refractivity contribution in [2.75, 3.05) is 26.2 Å². The van der Waals surface area contributed by atoms with Crippen LogP contribution in [0.1, 0.15) is 137 Å². The summed E-state index contributed by atoms with van der Waals surface area (Å²) in [6.45, 7) is 29.9. The Labute approximate surface area is 225 Å². The number of phenolic OH excluding ortho intramolecular Hbond substituents is 1. The maximum absolute atomic E-state index is 10.4. The van der Waals surface area contributed by atoms with Gasteiger partial charge in [0.1, 0.15) is 5.75 Å². The number of phenols is 1. The van der Waals surface area contributed by atoms with Crippen LogP contribution < -0.4 is 17.0 Å². The van der Waals surface area contributed by atoms with Gasteiger partial charge in [0.25, 0.3) is 0 Å². The van der Waals surface area contributed by atoms with E-state index in [2.05, 4.69) is 88.3 Å². The fourth-order valence-corrected chi connectivity index (χ4v) is 4.57. The van der Waals surface area contributed by atoms with Gasteiger partial charge in [0.2, 0.25) is 0 Å². The fourth-order valence-electron chi connectivity index (χ4n) is 4.57. The molecule has 1 N–H and O–H groups in total. The lowest BCUT2D eigenvalue weighted by Crippen LogP contribution is -3.00. The molecule has 0 atom stereocenters. The van der Waals surface area contributed by atoms with E-state index in [1.165, 1.54) is 87.6 Å². The Morgan fingerprint density at radius 3 is 1.09 bits per heavy atom. The number of hydrogen-bond donors (Lipinski definition) is 1. The first-order valence-corrected chi connectivity index (χ1v) is 14.0. The van der Waals surface area contributed by atoms with Crippen LogP contribution in [0.2, 0.25) is 0 Å². The average Bonchev–Trinajstić information content (AvgIpc) is 2.73. The van der Waals surface area contributed by atoms with E-state index in [0.717, 1.165) is 11.1 Å². The Hall–Kier alpha value is -0.540. The third-order valence-corrected chi connectivity index (χ3v) is 6.81. The second-order valence-corrected chi connectivity index (χ2v) is 12.4. The molecule has 0 spiro atoms. The molecule has 0 aromatic heterocycles. The molecule has 0 saturated heterocycles. The highest BCUT2D eigenvalue weighted by Gasteiger charge is 2.26. The van der Waals surface area contributed by atoms with E-state index in [-0.39, 0.29) is 27.8 Å². The zero-order chi connectivity index (χ0) is 25.7. The quantitative estimate of drug-likeness (QED) is 0.307. The number of halogens is 1. The van der Waals surface area contributed by atoms with Crippen LogP contribution in [0, 0.1) is 6.92 Å². The molecule has 0 fully saturated rings. The molecule has 0 unspecified atom stereocenters. The second-order valence-electron chi connectivity index (χ2n) is 12.4. The van der Waals surface area contributed by atoms with Gasteiger partial charge in [-0.05, 0) is 54.6 Å². The molecule has 3 heteroatoms. The summed E-state index contributed by atoms with van der Waals surface area (Å²) in [5.74, 6) is 0.464. The summed E-state index contributed by atoms with van der Waals surface area (Å²) in [5.41, 5.74) is 3.26. The van der Waals surface area contributed by atoms with E-state index in [4.69, 9.17) is 0 Å². The molecule has 0 saturated carbocycles. The van der Waals surface area contributed by atoms with Crippen molar-refractivity contribution in [2.24, 2.45) is 0 Å². The molecule has 0 radical (unpaired) electrons. The lowest BCUT2D eigenvalue weighted by Gasteiger charge is -2.39. The summed E-state index contributed by atoms with van der Waals surface area (Å²) < 4.78 is 1.42. The number of aryl methyl sites for hydroxylation is 1. The van der Waals surface area contributed by atoms with E-state index < -0.39 is 0 Å². The van der Waals surface area contributed by atoms with Crippen LogP contribution in [-0.2, 0) is 10.8 Å². The Bertz CT molecular complexity index is 582. The zero-order valence-corrected chi connectivity index (χ0v) is 26.5. The topological polar surface area (TPSA) is 20.2 Å². The molecule has 0 aliphatic heterocycles. The molecule has 0 amide bonds. The van der Waals surface area contributed by atoms with Crippen molar-refractivity contribution in [1.82, 2.24) is 0 Å². The number of unbranched alkanes of at least 4 members (excludes halogenated alkanes) is 4. The first-order chi connectivity index (χ1) is 15.3. The Morgan fingerprint density at radius 1 is 0.618 bits per heavy atom. The van der Waals surface area contributed by atoms with Crippen LogP contribution in [0.15, 0.2) is 12.1 Å². The van der Waals surface area contributed by atoms with E-state index in [1.807, 2.05) is 0 Å². The Balaban J connectivity index is 0. The second kappa shape index (κ2) is 17.0. The van der Waals surface area contributed by atoms with Gasteiger partial charge in [-0.15, -0.1) is 0 Å². The van der Waals surface area contributed by atoms with Crippen LogP contribution >= 0.6 is 0 Å². The monoisotopic (exact) mass is 541 g/mol. The number of nitrogens with zero attached hydrogens (tertiary/aromatic N) is 1. The van der Waals surface area contributed by atoms with Crippen molar-refractivity contribution >= 4 is 0 Å². The minimum absolute atomic E-state index is 0. The lowest BCUT2D eigenvalue weighted by molar-refractivity contribution is -0.929. The summed E-state index contributed by atoms with van der Waals surface area (Å²) in [5, 5.41) is 10.4. The minimum atomic E-state index is -0.0178. The fraction of sp³-hybridized carbons (Fsp3) is 0.806. The van der Waals surface area contributed by atoms with Crippen molar-refractivity contribution in [3.05, 3.63) is 28.8 Å². The molecule has 1 rings (SSSR count). The van der Waals surface area contributed by atoms with Gasteiger partial charge in [-0.3, -0.25) is 0 Å². The zero-order valence-electron chi connectivity index (χ0n) is 24.9. The van der Waals surface area contributed by atoms with Gasteiger partial charge >= 0.3 is 0 Å². The van der Waals surface area contributed by atoms with E-state index in [0.29, 0.717) is 5.75 Å². The summed E-state index contributed by atoms with van der Waals surface area (Å²) in [6, 6.07) is 4.18.